The van der Waals surface area contributed by atoms with Crippen LogP contribution in [-0.2, 0) is 0 Å². The molecule has 0 aliphatic rings. The Morgan fingerprint density at radius 2 is 1.74 bits per heavy atom. The van der Waals surface area contributed by atoms with E-state index in [1.165, 1.54) is 0 Å². The lowest BCUT2D eigenvalue weighted by atomic mass is 10.2. The van der Waals surface area contributed by atoms with E-state index in [0.717, 1.165) is 33.5 Å². The van der Waals surface area contributed by atoms with Crippen LogP contribution in [0, 0.1) is 0 Å². The van der Waals surface area contributed by atoms with Crippen molar-refractivity contribution in [2.45, 2.75) is 0 Å². The summed E-state index contributed by atoms with van der Waals surface area (Å²) in [4.78, 5) is 20.4. The molecule has 0 aliphatic heterocycles. The largest absolute Gasteiger partial charge is 0.337 e. The first kappa shape index (κ1) is 10.1. The van der Waals surface area contributed by atoms with Crippen LogP contribution in [0.15, 0.2) is 49.1 Å². The third-order valence-corrected chi connectivity index (χ3v) is 3.03. The van der Waals surface area contributed by atoms with E-state index in [4.69, 9.17) is 0 Å². The molecular formula is C14H9N5. The number of aromatic nitrogens is 5. The second kappa shape index (κ2) is 3.84. The maximum atomic E-state index is 4.55. The molecule has 5 nitrogen and oxygen atoms in total. The van der Waals surface area contributed by atoms with Crippen LogP contribution < -0.4 is 0 Å². The van der Waals surface area contributed by atoms with Crippen LogP contribution in [0.1, 0.15) is 0 Å². The molecule has 0 saturated carbocycles. The predicted molar refractivity (Wildman–Crippen MR) is 72.4 cm³/mol. The molecule has 4 rings (SSSR count). The summed E-state index contributed by atoms with van der Waals surface area (Å²) in [6, 6.07) is 7.80. The Hall–Kier alpha value is -2.82. The van der Waals surface area contributed by atoms with Crippen molar-refractivity contribution >= 4 is 22.1 Å². The Kier molecular flexibility index (Phi) is 2.05. The molecule has 0 amide bonds. The van der Waals surface area contributed by atoms with Crippen LogP contribution >= 0.6 is 0 Å². The van der Waals surface area contributed by atoms with E-state index in [-0.39, 0.29) is 0 Å². The van der Waals surface area contributed by atoms with Crippen molar-refractivity contribution in [3.63, 3.8) is 0 Å². The van der Waals surface area contributed by atoms with Crippen molar-refractivity contribution in [1.82, 2.24) is 24.9 Å². The molecule has 1 aromatic carbocycles. The molecule has 3 heterocycles. The van der Waals surface area contributed by atoms with E-state index >= 15 is 0 Å². The van der Waals surface area contributed by atoms with Crippen LogP contribution in [0.2, 0.25) is 0 Å². The van der Waals surface area contributed by atoms with E-state index < -0.39 is 0 Å². The van der Waals surface area contributed by atoms with Crippen molar-refractivity contribution in [2.24, 2.45) is 0 Å². The van der Waals surface area contributed by atoms with Gasteiger partial charge in [-0.05, 0) is 24.3 Å². The first-order chi connectivity index (χ1) is 9.40. The monoisotopic (exact) mass is 247 g/mol. The van der Waals surface area contributed by atoms with Gasteiger partial charge in [-0.25, -0.2) is 4.98 Å². The van der Waals surface area contributed by atoms with E-state index in [9.17, 15) is 0 Å². The van der Waals surface area contributed by atoms with Crippen molar-refractivity contribution < 1.29 is 0 Å². The van der Waals surface area contributed by atoms with Gasteiger partial charge in [0.15, 0.2) is 0 Å². The van der Waals surface area contributed by atoms with Gasteiger partial charge < -0.3 is 4.98 Å². The van der Waals surface area contributed by atoms with Gasteiger partial charge >= 0.3 is 0 Å². The molecule has 0 radical (unpaired) electrons. The third kappa shape index (κ3) is 1.63. The fourth-order valence-electron chi connectivity index (χ4n) is 2.10. The minimum atomic E-state index is 0.815. The highest BCUT2D eigenvalue weighted by molar-refractivity contribution is 5.83. The molecule has 5 heteroatoms. The smallest absolute Gasteiger partial charge is 0.138 e. The highest BCUT2D eigenvalue weighted by Gasteiger charge is 2.06. The second-order valence-corrected chi connectivity index (χ2v) is 4.24. The zero-order valence-corrected chi connectivity index (χ0v) is 9.91. The Bertz CT molecular complexity index is 848. The molecule has 4 aromatic rings. The number of hydrogen-bond acceptors (Lipinski definition) is 4. The van der Waals surface area contributed by atoms with Crippen LogP contribution in [0.4, 0.5) is 0 Å². The van der Waals surface area contributed by atoms with E-state index in [1.54, 1.807) is 24.8 Å². The number of benzene rings is 1. The molecule has 3 aromatic heterocycles. The molecule has 0 fully saturated rings. The summed E-state index contributed by atoms with van der Waals surface area (Å²) in [7, 11) is 0. The maximum absolute atomic E-state index is 4.55. The minimum Gasteiger partial charge on any atom is -0.337 e. The van der Waals surface area contributed by atoms with Gasteiger partial charge in [0, 0.05) is 24.2 Å². The molecule has 0 aliphatic carbocycles. The van der Waals surface area contributed by atoms with Crippen LogP contribution in [0.3, 0.4) is 0 Å². The number of pyridine rings is 1. The van der Waals surface area contributed by atoms with Gasteiger partial charge in [-0.2, -0.15) is 0 Å². The molecule has 19 heavy (non-hydrogen) atoms. The average Bonchev–Trinajstić information content (AvgIpc) is 2.90. The number of fused-ring (bicyclic) bond motifs is 2. The Labute approximate surface area is 108 Å². The molecule has 1 N–H and O–H groups in total. The van der Waals surface area contributed by atoms with E-state index in [1.807, 2.05) is 24.3 Å². The van der Waals surface area contributed by atoms with Gasteiger partial charge in [0.05, 0.1) is 28.3 Å². The molecule has 0 atom stereocenters. The number of H-pyrrole nitrogens is 1. The Morgan fingerprint density at radius 1 is 0.842 bits per heavy atom. The lowest BCUT2D eigenvalue weighted by molar-refractivity contribution is 1.28. The molecule has 0 unspecified atom stereocenters. The number of nitrogens with one attached hydrogen (secondary N) is 1. The first-order valence-corrected chi connectivity index (χ1v) is 5.91. The lowest BCUT2D eigenvalue weighted by Gasteiger charge is -1.99. The topological polar surface area (TPSA) is 67.3 Å². The lowest BCUT2D eigenvalue weighted by Crippen LogP contribution is -1.85. The molecule has 90 valence electrons. The van der Waals surface area contributed by atoms with E-state index in [0.29, 0.717) is 0 Å². The number of rotatable bonds is 1. The standard InChI is InChI=1S/C14H9N5/c1-2-10-12(17-6-5-16-10)7-9(1)14-18-11-3-4-15-8-13(11)19-14/h1-8H,(H,18,19). The summed E-state index contributed by atoms with van der Waals surface area (Å²) in [6.07, 6.45) is 6.88. The van der Waals surface area contributed by atoms with Crippen molar-refractivity contribution in [3.05, 3.63) is 49.1 Å². The van der Waals surface area contributed by atoms with Crippen LogP contribution in [0.25, 0.3) is 33.5 Å². The number of nitrogens with zero attached hydrogens (tertiary/aromatic N) is 4. The summed E-state index contributed by atoms with van der Waals surface area (Å²) < 4.78 is 0. The quantitative estimate of drug-likeness (QED) is 0.561. The number of imidazole rings is 1. The fraction of sp³-hybridized carbons (Fsp3) is 0. The molecule has 0 saturated heterocycles. The number of aromatic amines is 1. The summed E-state index contributed by atoms with van der Waals surface area (Å²) in [5.41, 5.74) is 4.56. The average molecular weight is 247 g/mol. The summed E-state index contributed by atoms with van der Waals surface area (Å²) in [5, 5.41) is 0. The zero-order chi connectivity index (χ0) is 12.7. The van der Waals surface area contributed by atoms with Gasteiger partial charge in [0.1, 0.15) is 5.82 Å². The van der Waals surface area contributed by atoms with Crippen LogP contribution in [0.5, 0.6) is 0 Å². The van der Waals surface area contributed by atoms with Gasteiger partial charge in [-0.3, -0.25) is 15.0 Å². The Morgan fingerprint density at radius 3 is 2.63 bits per heavy atom. The fourth-order valence-corrected chi connectivity index (χ4v) is 2.10. The summed E-state index contributed by atoms with van der Waals surface area (Å²) in [5.74, 6) is 0.815. The summed E-state index contributed by atoms with van der Waals surface area (Å²) >= 11 is 0. The zero-order valence-electron chi connectivity index (χ0n) is 9.91. The van der Waals surface area contributed by atoms with Crippen LogP contribution in [-0.4, -0.2) is 24.9 Å². The normalized spacial score (nSPS) is 11.2. The van der Waals surface area contributed by atoms with Gasteiger partial charge in [-0.1, -0.05) is 0 Å². The second-order valence-electron chi connectivity index (χ2n) is 4.24. The number of hydrogen-bond donors (Lipinski definition) is 1. The van der Waals surface area contributed by atoms with Crippen molar-refractivity contribution in [2.75, 3.05) is 0 Å². The molecule has 0 spiro atoms. The maximum Gasteiger partial charge on any atom is 0.138 e. The molecule has 0 bridgehead atoms. The third-order valence-electron chi connectivity index (χ3n) is 3.03. The first-order valence-electron chi connectivity index (χ1n) is 5.91. The Balaban J connectivity index is 1.93. The predicted octanol–water partition coefficient (Wildman–Crippen LogP) is 2.57. The van der Waals surface area contributed by atoms with Crippen molar-refractivity contribution in [3.8, 4) is 11.4 Å². The minimum absolute atomic E-state index is 0.815. The van der Waals surface area contributed by atoms with Crippen molar-refractivity contribution in [1.29, 1.82) is 0 Å². The SMILES string of the molecule is c1cc2nc(-c3ccc4nccnc4c3)[nH]c2cn1. The molecular weight excluding hydrogens is 238 g/mol. The summed E-state index contributed by atoms with van der Waals surface area (Å²) in [6.45, 7) is 0. The van der Waals surface area contributed by atoms with E-state index in [2.05, 4.69) is 24.9 Å². The van der Waals surface area contributed by atoms with Gasteiger partial charge in [-0.15, -0.1) is 0 Å². The highest BCUT2D eigenvalue weighted by Crippen LogP contribution is 2.22. The van der Waals surface area contributed by atoms with Gasteiger partial charge in [0.25, 0.3) is 0 Å². The van der Waals surface area contributed by atoms with Gasteiger partial charge in [0.2, 0.25) is 0 Å². The highest BCUT2D eigenvalue weighted by atomic mass is 14.9.